The van der Waals surface area contributed by atoms with Gasteiger partial charge in [0.1, 0.15) is 17.4 Å². The summed E-state index contributed by atoms with van der Waals surface area (Å²) < 4.78 is 55.0. The fourth-order valence-corrected chi connectivity index (χ4v) is 3.18. The van der Waals surface area contributed by atoms with Crippen LogP contribution in [0.4, 0.5) is 17.6 Å². The first-order valence-corrected chi connectivity index (χ1v) is 9.00. The zero-order chi connectivity index (χ0) is 20.9. The van der Waals surface area contributed by atoms with E-state index in [4.69, 9.17) is 0 Å². The molecule has 1 aliphatic carbocycles. The van der Waals surface area contributed by atoms with Gasteiger partial charge in [0, 0.05) is 17.5 Å². The Hall–Kier alpha value is -3.04. The predicted octanol–water partition coefficient (Wildman–Crippen LogP) is 3.62. The second-order valence-corrected chi connectivity index (χ2v) is 7.20. The minimum absolute atomic E-state index is 0.0783. The van der Waals surface area contributed by atoms with Gasteiger partial charge >= 0.3 is 6.18 Å². The molecule has 10 heteroatoms. The van der Waals surface area contributed by atoms with E-state index < -0.39 is 29.9 Å². The van der Waals surface area contributed by atoms with Gasteiger partial charge in [0.2, 0.25) is 0 Å². The largest absolute Gasteiger partial charge is 0.408 e. The van der Waals surface area contributed by atoms with Gasteiger partial charge in [0.15, 0.2) is 5.65 Å². The molecule has 1 fully saturated rings. The molecule has 1 amide bonds. The Morgan fingerprint density at radius 2 is 1.97 bits per heavy atom. The van der Waals surface area contributed by atoms with Crippen LogP contribution >= 0.6 is 0 Å². The molecule has 6 nitrogen and oxygen atoms in total. The minimum Gasteiger partial charge on any atom is -0.340 e. The highest BCUT2D eigenvalue weighted by Crippen LogP contribution is 2.40. The van der Waals surface area contributed by atoms with Crippen molar-refractivity contribution in [3.63, 3.8) is 0 Å². The Kier molecular flexibility index (Phi) is 4.51. The molecule has 1 atom stereocenters. The molecule has 0 bridgehead atoms. The van der Waals surface area contributed by atoms with Crippen LogP contribution in [-0.2, 0) is 0 Å². The van der Waals surface area contributed by atoms with Crippen molar-refractivity contribution >= 4 is 11.6 Å². The summed E-state index contributed by atoms with van der Waals surface area (Å²) in [6.07, 6.45) is -1.05. The minimum atomic E-state index is -4.53. The zero-order valence-electron chi connectivity index (χ0n) is 15.6. The highest BCUT2D eigenvalue weighted by Gasteiger charge is 2.49. The highest BCUT2D eigenvalue weighted by atomic mass is 19.4. The van der Waals surface area contributed by atoms with Crippen molar-refractivity contribution in [1.29, 1.82) is 0 Å². The SMILES string of the molecule is Cc1ncc(-c2cc(C)n3ncc(C(=O)N[C@H](C4CC4)C(F)(F)F)c3n2)cc1F. The van der Waals surface area contributed by atoms with Gasteiger partial charge in [-0.3, -0.25) is 9.78 Å². The van der Waals surface area contributed by atoms with Crippen LogP contribution in [0.1, 0.15) is 34.6 Å². The topological polar surface area (TPSA) is 72.2 Å². The summed E-state index contributed by atoms with van der Waals surface area (Å²) >= 11 is 0. The molecular formula is C19H17F4N5O. The molecule has 152 valence electrons. The summed E-state index contributed by atoms with van der Waals surface area (Å²) in [4.78, 5) is 20.9. The maximum absolute atomic E-state index is 13.9. The molecular weight excluding hydrogens is 390 g/mol. The number of hydrogen-bond donors (Lipinski definition) is 1. The van der Waals surface area contributed by atoms with Crippen LogP contribution in [-0.4, -0.2) is 37.7 Å². The lowest BCUT2D eigenvalue weighted by atomic mass is 10.1. The van der Waals surface area contributed by atoms with Gasteiger partial charge in [-0.1, -0.05) is 0 Å². The van der Waals surface area contributed by atoms with Gasteiger partial charge in [-0.2, -0.15) is 18.3 Å². The maximum atomic E-state index is 13.9. The number of aryl methyl sites for hydroxylation is 2. The number of nitrogens with zero attached hydrogens (tertiary/aromatic N) is 4. The Morgan fingerprint density at radius 3 is 2.59 bits per heavy atom. The van der Waals surface area contributed by atoms with Crippen molar-refractivity contribution in [3.05, 3.63) is 47.3 Å². The van der Waals surface area contributed by atoms with E-state index in [0.717, 1.165) is 0 Å². The molecule has 1 N–H and O–H groups in total. The zero-order valence-corrected chi connectivity index (χ0v) is 15.6. The van der Waals surface area contributed by atoms with E-state index >= 15 is 0 Å². The number of carbonyl (C=O) groups excluding carboxylic acids is 1. The summed E-state index contributed by atoms with van der Waals surface area (Å²) in [6, 6.07) is 1.00. The first-order valence-electron chi connectivity index (χ1n) is 9.00. The van der Waals surface area contributed by atoms with E-state index in [1.165, 1.54) is 29.9 Å². The van der Waals surface area contributed by atoms with Crippen LogP contribution in [0.25, 0.3) is 16.9 Å². The highest BCUT2D eigenvalue weighted by molar-refractivity contribution is 6.00. The van der Waals surface area contributed by atoms with Crippen molar-refractivity contribution in [1.82, 2.24) is 24.9 Å². The quantitative estimate of drug-likeness (QED) is 0.671. The molecule has 3 aromatic heterocycles. The third-order valence-corrected chi connectivity index (χ3v) is 4.95. The van der Waals surface area contributed by atoms with Crippen molar-refractivity contribution in [2.45, 2.75) is 38.9 Å². The predicted molar refractivity (Wildman–Crippen MR) is 95.7 cm³/mol. The normalized spacial score (nSPS) is 15.5. The monoisotopic (exact) mass is 407 g/mol. The fraction of sp³-hybridized carbons (Fsp3) is 0.368. The first kappa shape index (κ1) is 19.3. The molecule has 3 aromatic rings. The average Bonchev–Trinajstić information content (AvgIpc) is 3.38. The third kappa shape index (κ3) is 3.66. The molecule has 0 aromatic carbocycles. The van der Waals surface area contributed by atoms with E-state index in [2.05, 4.69) is 20.4 Å². The molecule has 3 heterocycles. The lowest BCUT2D eigenvalue weighted by Crippen LogP contribution is -2.46. The molecule has 29 heavy (non-hydrogen) atoms. The van der Waals surface area contributed by atoms with Crippen molar-refractivity contribution in [3.8, 4) is 11.3 Å². The lowest BCUT2D eigenvalue weighted by Gasteiger charge is -2.20. The van der Waals surface area contributed by atoms with Crippen LogP contribution in [0.15, 0.2) is 24.5 Å². The van der Waals surface area contributed by atoms with Gasteiger partial charge in [-0.15, -0.1) is 0 Å². The molecule has 1 aliphatic rings. The van der Waals surface area contributed by atoms with E-state index in [0.29, 0.717) is 29.8 Å². The standard InChI is InChI=1S/C19H17F4N5O/c1-9-5-15(12-6-14(20)10(2)24-7-12)26-17-13(8-25-28(9)17)18(29)27-16(11-3-4-11)19(21,22)23/h5-8,11,16H,3-4H2,1-2H3,(H,27,29)/t16-/m1/s1. The van der Waals surface area contributed by atoms with E-state index in [-0.39, 0.29) is 16.9 Å². The number of amides is 1. The van der Waals surface area contributed by atoms with E-state index in [1.807, 2.05) is 0 Å². The Balaban J connectivity index is 1.73. The van der Waals surface area contributed by atoms with Crippen LogP contribution in [0.5, 0.6) is 0 Å². The number of pyridine rings is 1. The first-order chi connectivity index (χ1) is 13.6. The van der Waals surface area contributed by atoms with E-state index in [9.17, 15) is 22.4 Å². The van der Waals surface area contributed by atoms with Gasteiger partial charge in [-0.25, -0.2) is 13.9 Å². The molecule has 0 saturated heterocycles. The molecule has 0 aliphatic heterocycles. The third-order valence-electron chi connectivity index (χ3n) is 4.95. The Bertz CT molecular complexity index is 1100. The number of hydrogen-bond acceptors (Lipinski definition) is 4. The van der Waals surface area contributed by atoms with Crippen molar-refractivity contribution < 1.29 is 22.4 Å². The van der Waals surface area contributed by atoms with Crippen LogP contribution in [0.3, 0.4) is 0 Å². The maximum Gasteiger partial charge on any atom is 0.408 e. The number of nitrogens with one attached hydrogen (secondary N) is 1. The van der Waals surface area contributed by atoms with Crippen LogP contribution < -0.4 is 5.32 Å². The molecule has 0 spiro atoms. The van der Waals surface area contributed by atoms with E-state index in [1.54, 1.807) is 13.0 Å². The summed E-state index contributed by atoms with van der Waals surface area (Å²) in [5.74, 6) is -2.01. The second-order valence-electron chi connectivity index (χ2n) is 7.20. The van der Waals surface area contributed by atoms with Crippen molar-refractivity contribution in [2.75, 3.05) is 0 Å². The average molecular weight is 407 g/mol. The summed E-state index contributed by atoms with van der Waals surface area (Å²) in [5.41, 5.74) is 1.55. The number of aromatic nitrogens is 4. The summed E-state index contributed by atoms with van der Waals surface area (Å²) in [7, 11) is 0. The van der Waals surface area contributed by atoms with Crippen LogP contribution in [0, 0.1) is 25.6 Å². The molecule has 0 radical (unpaired) electrons. The Morgan fingerprint density at radius 1 is 1.24 bits per heavy atom. The number of fused-ring (bicyclic) bond motifs is 1. The summed E-state index contributed by atoms with van der Waals surface area (Å²) in [6.45, 7) is 3.23. The molecule has 4 rings (SSSR count). The van der Waals surface area contributed by atoms with Gasteiger partial charge in [0.25, 0.3) is 5.91 Å². The summed E-state index contributed by atoms with van der Waals surface area (Å²) in [5, 5.41) is 6.14. The number of rotatable bonds is 4. The van der Waals surface area contributed by atoms with Gasteiger partial charge < -0.3 is 5.32 Å². The second kappa shape index (κ2) is 6.78. The number of carbonyl (C=O) groups is 1. The number of alkyl halides is 3. The fourth-order valence-electron chi connectivity index (χ4n) is 3.18. The Labute approximate surface area is 163 Å². The van der Waals surface area contributed by atoms with Crippen molar-refractivity contribution in [2.24, 2.45) is 5.92 Å². The molecule has 1 saturated carbocycles. The van der Waals surface area contributed by atoms with Gasteiger partial charge in [-0.05, 0) is 44.7 Å². The number of halogens is 4. The molecule has 0 unspecified atom stereocenters. The van der Waals surface area contributed by atoms with Gasteiger partial charge in [0.05, 0.1) is 17.6 Å². The lowest BCUT2D eigenvalue weighted by molar-refractivity contribution is -0.158. The van der Waals surface area contributed by atoms with Crippen LogP contribution in [0.2, 0.25) is 0 Å². The smallest absolute Gasteiger partial charge is 0.340 e.